The smallest absolute Gasteiger partial charge is 0.204 e. The minimum atomic E-state index is -0.730. The van der Waals surface area contributed by atoms with Crippen LogP contribution < -0.4 is 5.73 Å². The molecule has 0 aliphatic rings. The first-order valence-electron chi connectivity index (χ1n) is 6.59. The van der Waals surface area contributed by atoms with Crippen molar-refractivity contribution < 1.29 is 5.11 Å². The average molecular weight is 281 g/mol. The molecule has 3 aromatic rings. The van der Waals surface area contributed by atoms with Gasteiger partial charge in [0, 0.05) is 11.3 Å². The minimum Gasteiger partial charge on any atom is -0.399 e. The normalized spacial score (nSPS) is 12.2. The van der Waals surface area contributed by atoms with Gasteiger partial charge in [0.1, 0.15) is 6.10 Å². The maximum Gasteiger partial charge on any atom is 0.204 e. The van der Waals surface area contributed by atoms with Crippen LogP contribution in [-0.4, -0.2) is 25.3 Å². The molecule has 3 N–H and O–H groups in total. The van der Waals surface area contributed by atoms with Gasteiger partial charge in [-0.05, 0) is 22.9 Å². The Balaban J connectivity index is 1.75. The number of benzene rings is 2. The summed E-state index contributed by atoms with van der Waals surface area (Å²) in [7, 11) is 0. The van der Waals surface area contributed by atoms with Crippen LogP contribution in [0.3, 0.4) is 0 Å². The van der Waals surface area contributed by atoms with E-state index >= 15 is 0 Å². The number of nitrogens with two attached hydrogens (primary N) is 1. The van der Waals surface area contributed by atoms with Crippen molar-refractivity contribution >= 4 is 5.69 Å². The zero-order chi connectivity index (χ0) is 14.7. The molecule has 0 aliphatic heterocycles. The van der Waals surface area contributed by atoms with Gasteiger partial charge in [-0.25, -0.2) is 0 Å². The van der Waals surface area contributed by atoms with Crippen molar-refractivity contribution in [1.29, 1.82) is 0 Å². The van der Waals surface area contributed by atoms with Gasteiger partial charge in [-0.3, -0.25) is 0 Å². The van der Waals surface area contributed by atoms with Crippen molar-refractivity contribution in [3.63, 3.8) is 0 Å². The lowest BCUT2D eigenvalue weighted by Crippen LogP contribution is -2.11. The third-order valence-corrected chi connectivity index (χ3v) is 3.12. The summed E-state index contributed by atoms with van der Waals surface area (Å²) in [5.74, 6) is 0.537. The van der Waals surface area contributed by atoms with E-state index in [9.17, 15) is 5.11 Å². The van der Waals surface area contributed by atoms with Crippen molar-refractivity contribution in [2.45, 2.75) is 12.6 Å². The van der Waals surface area contributed by atoms with Gasteiger partial charge in [-0.2, -0.15) is 4.80 Å². The molecule has 106 valence electrons. The molecule has 0 saturated carbocycles. The number of hydrogen-bond donors (Lipinski definition) is 2. The number of nitrogen functional groups attached to an aromatic ring is 1. The molecular weight excluding hydrogens is 266 g/mol. The third-order valence-electron chi connectivity index (χ3n) is 3.12. The molecule has 0 radical (unpaired) electrons. The Morgan fingerprint density at radius 1 is 1.10 bits per heavy atom. The number of rotatable bonds is 4. The highest BCUT2D eigenvalue weighted by molar-refractivity contribution is 5.52. The number of aliphatic hydroxyl groups excluding tert-OH is 1. The maximum atomic E-state index is 10.2. The molecule has 1 heterocycles. The van der Waals surface area contributed by atoms with E-state index in [0.717, 1.165) is 11.1 Å². The SMILES string of the molecule is Nc1cccc(C(O)Cn2nnc(-c3ccccc3)n2)c1. The summed E-state index contributed by atoms with van der Waals surface area (Å²) >= 11 is 0. The highest BCUT2D eigenvalue weighted by atomic mass is 16.3. The molecule has 0 aliphatic carbocycles. The molecule has 3 rings (SSSR count). The zero-order valence-corrected chi connectivity index (χ0v) is 11.3. The van der Waals surface area contributed by atoms with Crippen molar-refractivity contribution in [2.75, 3.05) is 5.73 Å². The van der Waals surface area contributed by atoms with Gasteiger partial charge in [-0.15, -0.1) is 10.2 Å². The van der Waals surface area contributed by atoms with Gasteiger partial charge < -0.3 is 10.8 Å². The van der Waals surface area contributed by atoms with Gasteiger partial charge >= 0.3 is 0 Å². The summed E-state index contributed by atoms with van der Waals surface area (Å²) in [6.45, 7) is 0.225. The average Bonchev–Trinajstić information content (AvgIpc) is 2.97. The van der Waals surface area contributed by atoms with Gasteiger partial charge in [0.25, 0.3) is 0 Å². The van der Waals surface area contributed by atoms with E-state index in [1.165, 1.54) is 4.80 Å². The Morgan fingerprint density at radius 2 is 1.90 bits per heavy atom. The largest absolute Gasteiger partial charge is 0.399 e. The maximum absolute atomic E-state index is 10.2. The van der Waals surface area contributed by atoms with Gasteiger partial charge in [0.2, 0.25) is 5.82 Å². The monoisotopic (exact) mass is 281 g/mol. The zero-order valence-electron chi connectivity index (χ0n) is 11.3. The van der Waals surface area contributed by atoms with Gasteiger partial charge in [0.15, 0.2) is 0 Å². The molecule has 6 heteroatoms. The number of tetrazole rings is 1. The van der Waals surface area contributed by atoms with Crippen LogP contribution in [0.5, 0.6) is 0 Å². The number of aliphatic hydroxyl groups is 1. The molecule has 21 heavy (non-hydrogen) atoms. The molecule has 0 amide bonds. The van der Waals surface area contributed by atoms with Crippen molar-refractivity contribution in [3.8, 4) is 11.4 Å². The van der Waals surface area contributed by atoms with E-state index in [1.54, 1.807) is 18.2 Å². The molecule has 1 unspecified atom stereocenters. The standard InChI is InChI=1S/C15H15N5O/c16-13-8-4-7-12(9-13)14(21)10-20-18-15(17-19-20)11-5-2-1-3-6-11/h1-9,14,21H,10,16H2. The van der Waals surface area contributed by atoms with Crippen molar-refractivity contribution in [1.82, 2.24) is 20.2 Å². The van der Waals surface area contributed by atoms with Crippen LogP contribution in [0.15, 0.2) is 54.6 Å². The second-order valence-electron chi connectivity index (χ2n) is 4.72. The molecular formula is C15H15N5O. The van der Waals surface area contributed by atoms with Gasteiger partial charge in [-0.1, -0.05) is 42.5 Å². The lowest BCUT2D eigenvalue weighted by atomic mass is 10.1. The fourth-order valence-corrected chi connectivity index (χ4v) is 2.05. The summed E-state index contributed by atoms with van der Waals surface area (Å²) < 4.78 is 0. The van der Waals surface area contributed by atoms with Crippen LogP contribution in [-0.2, 0) is 6.54 Å². The number of nitrogens with zero attached hydrogens (tertiary/aromatic N) is 4. The lowest BCUT2D eigenvalue weighted by molar-refractivity contribution is 0.144. The van der Waals surface area contributed by atoms with Gasteiger partial charge in [0.05, 0.1) is 6.54 Å². The molecule has 0 saturated heterocycles. The second-order valence-corrected chi connectivity index (χ2v) is 4.72. The molecule has 1 aromatic heterocycles. The summed E-state index contributed by atoms with van der Waals surface area (Å²) in [5.41, 5.74) is 7.94. The van der Waals surface area contributed by atoms with Crippen LogP contribution in [0.2, 0.25) is 0 Å². The highest BCUT2D eigenvalue weighted by Gasteiger charge is 2.12. The van der Waals surface area contributed by atoms with E-state index < -0.39 is 6.10 Å². The summed E-state index contributed by atoms with van der Waals surface area (Å²) in [6.07, 6.45) is -0.730. The van der Waals surface area contributed by atoms with E-state index in [0.29, 0.717) is 11.5 Å². The first-order valence-corrected chi connectivity index (χ1v) is 6.59. The lowest BCUT2D eigenvalue weighted by Gasteiger charge is -2.10. The predicted octanol–water partition coefficient (Wildman–Crippen LogP) is 1.66. The highest BCUT2D eigenvalue weighted by Crippen LogP contribution is 2.18. The predicted molar refractivity (Wildman–Crippen MR) is 79.1 cm³/mol. The van der Waals surface area contributed by atoms with Crippen LogP contribution in [0, 0.1) is 0 Å². The molecule has 1 atom stereocenters. The topological polar surface area (TPSA) is 89.8 Å². The molecule has 6 nitrogen and oxygen atoms in total. The van der Waals surface area contributed by atoms with Crippen LogP contribution in [0.25, 0.3) is 11.4 Å². The molecule has 2 aromatic carbocycles. The summed E-state index contributed by atoms with van der Waals surface area (Å²) in [6, 6.07) is 16.7. The van der Waals surface area contributed by atoms with E-state index in [1.807, 2.05) is 36.4 Å². The van der Waals surface area contributed by atoms with Crippen LogP contribution in [0.4, 0.5) is 5.69 Å². The molecule has 0 fully saturated rings. The fraction of sp³-hybridized carbons (Fsp3) is 0.133. The Bertz CT molecular complexity index is 726. The molecule has 0 bridgehead atoms. The second kappa shape index (κ2) is 5.72. The van der Waals surface area contributed by atoms with E-state index in [-0.39, 0.29) is 6.54 Å². The first-order chi connectivity index (χ1) is 10.2. The Kier molecular flexibility index (Phi) is 3.61. The first kappa shape index (κ1) is 13.3. The van der Waals surface area contributed by atoms with Crippen LogP contribution in [0.1, 0.15) is 11.7 Å². The fourth-order valence-electron chi connectivity index (χ4n) is 2.05. The minimum absolute atomic E-state index is 0.225. The van der Waals surface area contributed by atoms with Crippen molar-refractivity contribution in [3.05, 3.63) is 60.2 Å². The summed E-state index contributed by atoms with van der Waals surface area (Å²) in [4.78, 5) is 1.39. The number of anilines is 1. The Morgan fingerprint density at radius 3 is 2.67 bits per heavy atom. The molecule has 0 spiro atoms. The van der Waals surface area contributed by atoms with Crippen molar-refractivity contribution in [2.24, 2.45) is 0 Å². The number of hydrogen-bond acceptors (Lipinski definition) is 5. The Hall–Kier alpha value is -2.73. The Labute approximate surface area is 121 Å². The van der Waals surface area contributed by atoms with E-state index in [4.69, 9.17) is 5.73 Å². The van der Waals surface area contributed by atoms with Crippen LogP contribution >= 0.6 is 0 Å². The summed E-state index contributed by atoms with van der Waals surface area (Å²) in [5, 5.41) is 22.4. The third kappa shape index (κ3) is 3.06. The quantitative estimate of drug-likeness (QED) is 0.710. The number of aromatic nitrogens is 4. The van der Waals surface area contributed by atoms with E-state index in [2.05, 4.69) is 15.4 Å².